The maximum Gasteiger partial charge on any atom is 0.434 e. The molecule has 0 saturated carbocycles. The lowest BCUT2D eigenvalue weighted by Gasteiger charge is -2.26. The summed E-state index contributed by atoms with van der Waals surface area (Å²) in [5.74, 6) is -5.45. The van der Waals surface area contributed by atoms with E-state index in [4.69, 9.17) is 4.55 Å². The standard InChI is InChI=1S/C10H17F5O3S/c1-2-3-4-5-6-7-8(11)9(12,13)10(14,15)19(16,17)18/h8H,2-7H2,1H3,(H,16,17,18). The quantitative estimate of drug-likeness (QED) is 0.400. The molecule has 1 N–H and O–H groups in total. The van der Waals surface area contributed by atoms with Crippen molar-refractivity contribution < 1.29 is 34.9 Å². The summed E-state index contributed by atoms with van der Waals surface area (Å²) in [4.78, 5) is 0. The second-order valence-corrected chi connectivity index (χ2v) is 5.75. The molecule has 0 aromatic rings. The van der Waals surface area contributed by atoms with Gasteiger partial charge in [0.2, 0.25) is 0 Å². The highest BCUT2D eigenvalue weighted by atomic mass is 32.2. The van der Waals surface area contributed by atoms with Gasteiger partial charge in [-0.25, -0.2) is 4.39 Å². The van der Waals surface area contributed by atoms with Crippen LogP contribution in [-0.2, 0) is 10.1 Å². The normalized spacial score (nSPS) is 15.5. The molecule has 0 heterocycles. The molecule has 3 nitrogen and oxygen atoms in total. The number of unbranched alkanes of at least 4 members (excludes halogenated alkanes) is 4. The smallest absolute Gasteiger partial charge is 0.281 e. The topological polar surface area (TPSA) is 54.4 Å². The van der Waals surface area contributed by atoms with Gasteiger partial charge in [0.1, 0.15) is 0 Å². The van der Waals surface area contributed by atoms with E-state index in [2.05, 4.69) is 0 Å². The Morgan fingerprint density at radius 3 is 1.95 bits per heavy atom. The van der Waals surface area contributed by atoms with E-state index in [1.165, 1.54) is 0 Å². The van der Waals surface area contributed by atoms with E-state index < -0.39 is 33.9 Å². The molecule has 19 heavy (non-hydrogen) atoms. The molecule has 0 aromatic carbocycles. The number of hydrogen-bond acceptors (Lipinski definition) is 2. The summed E-state index contributed by atoms with van der Waals surface area (Å²) in [6.45, 7) is 1.90. The van der Waals surface area contributed by atoms with E-state index in [-0.39, 0.29) is 6.42 Å². The first-order valence-electron chi connectivity index (χ1n) is 5.85. The van der Waals surface area contributed by atoms with Gasteiger partial charge in [0.05, 0.1) is 0 Å². The van der Waals surface area contributed by atoms with E-state index in [0.717, 1.165) is 12.8 Å². The van der Waals surface area contributed by atoms with Crippen LogP contribution >= 0.6 is 0 Å². The summed E-state index contributed by atoms with van der Waals surface area (Å²) in [7, 11) is -6.37. The molecule has 1 atom stereocenters. The molecule has 0 radical (unpaired) electrons. The number of rotatable bonds is 9. The molecule has 0 bridgehead atoms. The lowest BCUT2D eigenvalue weighted by atomic mass is 10.0. The van der Waals surface area contributed by atoms with Gasteiger partial charge in [-0.05, 0) is 6.42 Å². The van der Waals surface area contributed by atoms with Gasteiger partial charge >= 0.3 is 21.3 Å². The van der Waals surface area contributed by atoms with Crippen molar-refractivity contribution in [3.05, 3.63) is 0 Å². The zero-order chi connectivity index (χ0) is 15.3. The van der Waals surface area contributed by atoms with Crippen LogP contribution in [0.25, 0.3) is 0 Å². The molecular weight excluding hydrogens is 295 g/mol. The van der Waals surface area contributed by atoms with Crippen molar-refractivity contribution in [1.29, 1.82) is 0 Å². The molecule has 0 aliphatic carbocycles. The lowest BCUT2D eigenvalue weighted by molar-refractivity contribution is -0.198. The highest BCUT2D eigenvalue weighted by molar-refractivity contribution is 7.87. The predicted molar refractivity (Wildman–Crippen MR) is 59.7 cm³/mol. The minimum absolute atomic E-state index is 0.0572. The first-order chi connectivity index (χ1) is 8.48. The van der Waals surface area contributed by atoms with Gasteiger partial charge < -0.3 is 0 Å². The summed E-state index contributed by atoms with van der Waals surface area (Å²) in [6.07, 6.45) is -1.54. The molecule has 0 amide bonds. The zero-order valence-corrected chi connectivity index (χ0v) is 11.2. The number of halogens is 5. The van der Waals surface area contributed by atoms with Crippen LogP contribution in [0.4, 0.5) is 22.0 Å². The maximum absolute atomic E-state index is 13.1. The monoisotopic (exact) mass is 312 g/mol. The second kappa shape index (κ2) is 6.83. The van der Waals surface area contributed by atoms with Crippen LogP contribution in [0.5, 0.6) is 0 Å². The van der Waals surface area contributed by atoms with E-state index in [1.807, 2.05) is 6.92 Å². The summed E-state index contributed by atoms with van der Waals surface area (Å²) >= 11 is 0. The van der Waals surface area contributed by atoms with E-state index >= 15 is 0 Å². The average Bonchev–Trinajstić information content (AvgIpc) is 2.26. The fraction of sp³-hybridized carbons (Fsp3) is 1.00. The van der Waals surface area contributed by atoms with Crippen LogP contribution in [0.3, 0.4) is 0 Å². The molecular formula is C10H17F5O3S. The number of hydrogen-bond donors (Lipinski definition) is 1. The Bertz CT molecular complexity index is 369. The van der Waals surface area contributed by atoms with Crippen molar-refractivity contribution in [2.45, 2.75) is 62.8 Å². The molecule has 0 aliphatic heterocycles. The molecule has 0 spiro atoms. The highest BCUT2D eigenvalue weighted by Crippen LogP contribution is 2.43. The van der Waals surface area contributed by atoms with Gasteiger partial charge in [-0.2, -0.15) is 26.0 Å². The van der Waals surface area contributed by atoms with Crippen LogP contribution in [0.15, 0.2) is 0 Å². The molecule has 0 aromatic heterocycles. The zero-order valence-electron chi connectivity index (χ0n) is 10.4. The Morgan fingerprint density at radius 2 is 1.53 bits per heavy atom. The van der Waals surface area contributed by atoms with Crippen molar-refractivity contribution in [3.8, 4) is 0 Å². The van der Waals surface area contributed by atoms with Gasteiger partial charge in [0, 0.05) is 0 Å². The third-order valence-corrected chi connectivity index (χ3v) is 3.59. The minimum Gasteiger partial charge on any atom is -0.281 e. The van der Waals surface area contributed by atoms with E-state index in [0.29, 0.717) is 12.8 Å². The van der Waals surface area contributed by atoms with Crippen LogP contribution < -0.4 is 0 Å². The molecule has 0 saturated heterocycles. The van der Waals surface area contributed by atoms with Gasteiger partial charge in [-0.3, -0.25) is 4.55 Å². The summed E-state index contributed by atoms with van der Waals surface area (Å²) in [5.41, 5.74) is 0. The summed E-state index contributed by atoms with van der Waals surface area (Å²) in [6, 6.07) is 0. The van der Waals surface area contributed by atoms with E-state index in [1.54, 1.807) is 0 Å². The van der Waals surface area contributed by atoms with Crippen LogP contribution in [0, 0.1) is 0 Å². The Morgan fingerprint density at radius 1 is 1.05 bits per heavy atom. The second-order valence-electron chi connectivity index (χ2n) is 4.29. The van der Waals surface area contributed by atoms with Crippen molar-refractivity contribution in [1.82, 2.24) is 0 Å². The van der Waals surface area contributed by atoms with Crippen molar-refractivity contribution >= 4 is 10.1 Å². The fourth-order valence-corrected chi connectivity index (χ4v) is 1.93. The molecule has 116 valence electrons. The SMILES string of the molecule is CCCCCCCC(F)C(F)(F)C(F)(F)S(=O)(=O)O. The van der Waals surface area contributed by atoms with Gasteiger partial charge in [0.25, 0.3) is 0 Å². The Kier molecular flexibility index (Phi) is 6.67. The van der Waals surface area contributed by atoms with Gasteiger partial charge in [0.15, 0.2) is 6.17 Å². The highest BCUT2D eigenvalue weighted by Gasteiger charge is 2.69. The number of alkyl halides is 5. The van der Waals surface area contributed by atoms with Crippen LogP contribution in [0.1, 0.15) is 45.4 Å². The Hall–Kier alpha value is -0.440. The van der Waals surface area contributed by atoms with Crippen LogP contribution in [-0.4, -0.2) is 30.3 Å². The van der Waals surface area contributed by atoms with Gasteiger partial charge in [-0.15, -0.1) is 0 Å². The summed E-state index contributed by atoms with van der Waals surface area (Å²) < 4.78 is 93.0. The molecule has 0 fully saturated rings. The lowest BCUT2D eigenvalue weighted by Crippen LogP contribution is -2.52. The fourth-order valence-electron chi connectivity index (χ4n) is 1.46. The molecule has 9 heteroatoms. The van der Waals surface area contributed by atoms with Crippen LogP contribution in [0.2, 0.25) is 0 Å². The third kappa shape index (κ3) is 4.55. The first-order valence-corrected chi connectivity index (χ1v) is 7.29. The predicted octanol–water partition coefficient (Wildman–Crippen LogP) is 3.80. The van der Waals surface area contributed by atoms with Crippen molar-refractivity contribution in [3.63, 3.8) is 0 Å². The van der Waals surface area contributed by atoms with Crippen molar-refractivity contribution in [2.75, 3.05) is 0 Å². The Labute approximate surface area is 108 Å². The largest absolute Gasteiger partial charge is 0.434 e. The maximum atomic E-state index is 13.1. The molecule has 1 unspecified atom stereocenters. The van der Waals surface area contributed by atoms with Gasteiger partial charge in [-0.1, -0.05) is 39.0 Å². The molecule has 0 aliphatic rings. The Balaban J connectivity index is 4.56. The first kappa shape index (κ1) is 18.6. The summed E-state index contributed by atoms with van der Waals surface area (Å²) in [5, 5.41) is -5.83. The average molecular weight is 312 g/mol. The minimum atomic E-state index is -6.37. The molecule has 0 rings (SSSR count). The van der Waals surface area contributed by atoms with E-state index in [9.17, 15) is 30.4 Å². The third-order valence-electron chi connectivity index (χ3n) is 2.67. The van der Waals surface area contributed by atoms with Crippen molar-refractivity contribution in [2.24, 2.45) is 0 Å².